The lowest BCUT2D eigenvalue weighted by Gasteiger charge is -2.35. The van der Waals surface area contributed by atoms with Crippen molar-refractivity contribution in [2.45, 2.75) is 44.7 Å². The van der Waals surface area contributed by atoms with E-state index in [2.05, 4.69) is 52.0 Å². The van der Waals surface area contributed by atoms with Crippen molar-refractivity contribution in [1.29, 1.82) is 0 Å². The van der Waals surface area contributed by atoms with Gasteiger partial charge in [-0.3, -0.25) is 9.59 Å². The number of benzene rings is 3. The predicted molar refractivity (Wildman–Crippen MR) is 155 cm³/mol. The van der Waals surface area contributed by atoms with Crippen LogP contribution in [0.15, 0.2) is 71.5 Å². The maximum absolute atomic E-state index is 13.3. The molecule has 0 aliphatic carbocycles. The van der Waals surface area contributed by atoms with E-state index in [4.69, 9.17) is 0 Å². The minimum absolute atomic E-state index is 0.0974. The van der Waals surface area contributed by atoms with Crippen LogP contribution in [0.4, 0.5) is 5.69 Å². The monoisotopic (exact) mass is 521 g/mol. The van der Waals surface area contributed by atoms with Crippen molar-refractivity contribution in [1.82, 2.24) is 20.4 Å². The number of piperidine rings is 1. The van der Waals surface area contributed by atoms with Crippen LogP contribution < -0.4 is 16.2 Å². The third-order valence-electron chi connectivity index (χ3n) is 8.50. The Balaban J connectivity index is 1.38. The lowest BCUT2D eigenvalue weighted by Crippen LogP contribution is -2.38. The molecular weight excluding hydrogens is 486 g/mol. The molecule has 7 heteroatoms. The second-order valence-electron chi connectivity index (χ2n) is 10.8. The van der Waals surface area contributed by atoms with Gasteiger partial charge in [-0.15, -0.1) is 0 Å². The number of hydrogen-bond donors (Lipinski definition) is 3. The van der Waals surface area contributed by atoms with Crippen LogP contribution in [0, 0.1) is 5.92 Å². The zero-order valence-electron chi connectivity index (χ0n) is 22.5. The van der Waals surface area contributed by atoms with E-state index >= 15 is 0 Å². The van der Waals surface area contributed by atoms with Crippen molar-refractivity contribution in [3.05, 3.63) is 105 Å². The first kappa shape index (κ1) is 25.3. The first-order valence-corrected chi connectivity index (χ1v) is 14.0. The van der Waals surface area contributed by atoms with E-state index in [1.165, 1.54) is 12.0 Å². The molecule has 4 aromatic rings. The summed E-state index contributed by atoms with van der Waals surface area (Å²) in [5, 5.41) is 15.7. The molecule has 200 valence electrons. The van der Waals surface area contributed by atoms with Gasteiger partial charge < -0.3 is 15.5 Å². The molecule has 6 rings (SSSR count). The van der Waals surface area contributed by atoms with E-state index < -0.39 is 0 Å². The fourth-order valence-corrected chi connectivity index (χ4v) is 6.23. The van der Waals surface area contributed by atoms with Gasteiger partial charge in [0.05, 0.1) is 23.0 Å². The van der Waals surface area contributed by atoms with E-state index in [9.17, 15) is 9.59 Å². The molecule has 2 aliphatic rings. The second kappa shape index (κ2) is 10.7. The number of nitrogens with one attached hydrogen (secondary N) is 3. The molecule has 0 radical (unpaired) electrons. The molecule has 0 spiro atoms. The number of H-pyrrole nitrogens is 1. The van der Waals surface area contributed by atoms with Crippen molar-refractivity contribution in [3.63, 3.8) is 0 Å². The standard InChI is InChI=1S/C32H35N5O2/c1-3-20-15-17-37(18-16-20)32(39)24-13-11-22(12-14-24)27-29(23-9-7-21(8-10-23)19-33-2)34-26-6-4-5-25-28(26)30(27)35-36-31(25)38/h4-14,20,27,29,33-34H,3,15-19H2,1-2H3,(H,36,38). The Morgan fingerprint density at radius 1 is 1.00 bits per heavy atom. The lowest BCUT2D eigenvalue weighted by atomic mass is 9.79. The van der Waals surface area contributed by atoms with Gasteiger partial charge in [-0.2, -0.15) is 5.10 Å². The number of aromatic nitrogens is 2. The Hall–Kier alpha value is -3.97. The zero-order chi connectivity index (χ0) is 26.9. The van der Waals surface area contributed by atoms with E-state index in [-0.39, 0.29) is 23.4 Å². The molecule has 3 aromatic carbocycles. The first-order valence-electron chi connectivity index (χ1n) is 14.0. The summed E-state index contributed by atoms with van der Waals surface area (Å²) in [7, 11) is 1.94. The van der Waals surface area contributed by atoms with Crippen molar-refractivity contribution in [2.24, 2.45) is 5.92 Å². The summed E-state index contributed by atoms with van der Waals surface area (Å²) in [6.07, 6.45) is 3.34. The summed E-state index contributed by atoms with van der Waals surface area (Å²) < 4.78 is 0. The van der Waals surface area contributed by atoms with Crippen molar-refractivity contribution < 1.29 is 4.79 Å². The maximum atomic E-state index is 13.3. The molecule has 7 nitrogen and oxygen atoms in total. The number of hydrogen-bond acceptors (Lipinski definition) is 5. The SMILES string of the molecule is CCC1CCN(C(=O)c2ccc(C3c4n[nH]c(=O)c5cccc(c45)NC3c3ccc(CNC)cc3)cc2)CC1. The van der Waals surface area contributed by atoms with Crippen molar-refractivity contribution in [3.8, 4) is 0 Å². The third kappa shape index (κ3) is 4.72. The van der Waals surface area contributed by atoms with Crippen LogP contribution in [0.5, 0.6) is 0 Å². The molecule has 2 atom stereocenters. The molecule has 39 heavy (non-hydrogen) atoms. The van der Waals surface area contributed by atoms with Gasteiger partial charge in [-0.25, -0.2) is 5.10 Å². The number of aromatic amines is 1. The lowest BCUT2D eigenvalue weighted by molar-refractivity contribution is 0.0689. The van der Waals surface area contributed by atoms with Crippen LogP contribution in [0.25, 0.3) is 10.8 Å². The van der Waals surface area contributed by atoms with Gasteiger partial charge in [-0.1, -0.05) is 55.8 Å². The summed E-state index contributed by atoms with van der Waals surface area (Å²) in [4.78, 5) is 27.9. The van der Waals surface area contributed by atoms with E-state index in [0.717, 1.165) is 66.3 Å². The Labute approximate surface area is 228 Å². The van der Waals surface area contributed by atoms with Gasteiger partial charge in [0.15, 0.2) is 0 Å². The molecular formula is C32H35N5O2. The Kier molecular flexibility index (Phi) is 6.92. The van der Waals surface area contributed by atoms with Crippen LogP contribution in [-0.4, -0.2) is 41.1 Å². The number of amides is 1. The van der Waals surface area contributed by atoms with Crippen LogP contribution in [0.1, 0.15) is 70.9 Å². The predicted octanol–water partition coefficient (Wildman–Crippen LogP) is 5.20. The average Bonchev–Trinajstić information content (AvgIpc) is 2.99. The number of nitrogens with zero attached hydrogens (tertiary/aromatic N) is 2. The normalized spacial score (nSPS) is 19.2. The Morgan fingerprint density at radius 3 is 2.41 bits per heavy atom. The fraction of sp³-hybridized carbons (Fsp3) is 0.344. The fourth-order valence-electron chi connectivity index (χ4n) is 6.23. The Morgan fingerprint density at radius 2 is 1.72 bits per heavy atom. The minimum atomic E-state index is -0.196. The van der Waals surface area contributed by atoms with E-state index in [1.807, 2.05) is 54.4 Å². The van der Waals surface area contributed by atoms with E-state index in [0.29, 0.717) is 10.9 Å². The Bertz CT molecular complexity index is 1540. The molecule has 3 heterocycles. The smallest absolute Gasteiger partial charge is 0.272 e. The molecule has 1 saturated heterocycles. The highest BCUT2D eigenvalue weighted by Crippen LogP contribution is 2.46. The van der Waals surface area contributed by atoms with Crippen molar-refractivity contribution in [2.75, 3.05) is 25.5 Å². The van der Waals surface area contributed by atoms with Crippen LogP contribution in [0.3, 0.4) is 0 Å². The molecule has 3 N–H and O–H groups in total. The summed E-state index contributed by atoms with van der Waals surface area (Å²) in [6.45, 7) is 4.69. The first-order chi connectivity index (χ1) is 19.1. The molecule has 0 bridgehead atoms. The molecule has 0 saturated carbocycles. The average molecular weight is 522 g/mol. The van der Waals surface area contributed by atoms with Gasteiger partial charge in [0.2, 0.25) is 0 Å². The number of anilines is 1. The highest BCUT2D eigenvalue weighted by molar-refractivity contribution is 5.97. The largest absolute Gasteiger partial charge is 0.377 e. The topological polar surface area (TPSA) is 90.1 Å². The quantitative estimate of drug-likeness (QED) is 0.324. The zero-order valence-corrected chi connectivity index (χ0v) is 22.5. The summed E-state index contributed by atoms with van der Waals surface area (Å²) in [5.41, 5.74) is 5.65. The summed E-state index contributed by atoms with van der Waals surface area (Å²) in [6, 6.07) is 22.3. The molecule has 1 amide bonds. The molecule has 1 fully saturated rings. The maximum Gasteiger partial charge on any atom is 0.272 e. The van der Waals surface area contributed by atoms with Crippen molar-refractivity contribution >= 4 is 22.4 Å². The number of carbonyl (C=O) groups excluding carboxylic acids is 1. The van der Waals surface area contributed by atoms with Gasteiger partial charge in [0, 0.05) is 36.3 Å². The summed E-state index contributed by atoms with van der Waals surface area (Å²) >= 11 is 0. The molecule has 2 unspecified atom stereocenters. The van der Waals surface area contributed by atoms with Gasteiger partial charge >= 0.3 is 0 Å². The van der Waals surface area contributed by atoms with E-state index in [1.54, 1.807) is 0 Å². The molecule has 2 aliphatic heterocycles. The van der Waals surface area contributed by atoms with Gasteiger partial charge in [0.25, 0.3) is 11.5 Å². The highest BCUT2D eigenvalue weighted by atomic mass is 16.2. The number of rotatable bonds is 6. The second-order valence-corrected chi connectivity index (χ2v) is 10.8. The number of likely N-dealkylation sites (tertiary alicyclic amines) is 1. The van der Waals surface area contributed by atoms with Crippen LogP contribution >= 0.6 is 0 Å². The van der Waals surface area contributed by atoms with Crippen LogP contribution in [-0.2, 0) is 6.54 Å². The molecule has 1 aromatic heterocycles. The van der Waals surface area contributed by atoms with Gasteiger partial charge in [-0.05, 0) is 66.8 Å². The van der Waals surface area contributed by atoms with Crippen LogP contribution in [0.2, 0.25) is 0 Å². The highest BCUT2D eigenvalue weighted by Gasteiger charge is 2.35. The summed E-state index contributed by atoms with van der Waals surface area (Å²) in [5.74, 6) is 0.673. The van der Waals surface area contributed by atoms with Gasteiger partial charge in [0.1, 0.15) is 0 Å². The number of carbonyl (C=O) groups is 1. The third-order valence-corrected chi connectivity index (χ3v) is 8.50. The minimum Gasteiger partial charge on any atom is -0.377 e.